The monoisotopic (exact) mass is 498 g/mol. The Hall–Kier alpha value is -4.11. The number of carbonyl (C=O) groups is 2. The lowest BCUT2D eigenvalue weighted by Gasteiger charge is -2.37. The lowest BCUT2D eigenvalue weighted by Crippen LogP contribution is -2.46. The fourth-order valence-electron chi connectivity index (χ4n) is 5.06. The van der Waals surface area contributed by atoms with E-state index in [-0.39, 0.29) is 35.5 Å². The van der Waals surface area contributed by atoms with E-state index >= 15 is 0 Å². The maximum Gasteiger partial charge on any atom is 0.204 e. The van der Waals surface area contributed by atoms with Crippen molar-refractivity contribution >= 4 is 34.2 Å². The number of pyridine rings is 3. The first-order chi connectivity index (χ1) is 17.8. The van der Waals surface area contributed by atoms with Crippen molar-refractivity contribution in [2.24, 2.45) is 11.7 Å². The fraction of sp³-hybridized carbons (Fsp3) is 0.321. The van der Waals surface area contributed by atoms with Crippen molar-refractivity contribution in [3.8, 4) is 11.1 Å². The molecule has 0 saturated carbocycles. The molecule has 9 nitrogen and oxygen atoms in total. The Kier molecular flexibility index (Phi) is 6.71. The van der Waals surface area contributed by atoms with Gasteiger partial charge in [0.25, 0.3) is 0 Å². The Morgan fingerprint density at radius 2 is 1.89 bits per heavy atom. The molecule has 1 saturated heterocycles. The Bertz CT molecular complexity index is 1450. The fourth-order valence-corrected chi connectivity index (χ4v) is 5.06. The molecule has 2 atom stereocenters. The molecule has 4 aromatic rings. The van der Waals surface area contributed by atoms with Gasteiger partial charge in [-0.15, -0.1) is 0 Å². The summed E-state index contributed by atoms with van der Waals surface area (Å²) in [6, 6.07) is 7.31. The molecule has 4 aromatic heterocycles. The average molecular weight is 499 g/mol. The summed E-state index contributed by atoms with van der Waals surface area (Å²) in [7, 11) is 0. The highest BCUT2D eigenvalue weighted by Crippen LogP contribution is 2.32. The maximum atomic E-state index is 13.5. The van der Waals surface area contributed by atoms with Crippen LogP contribution < -0.4 is 16.4 Å². The summed E-state index contributed by atoms with van der Waals surface area (Å²) in [5.74, 6) is 0.289. The van der Waals surface area contributed by atoms with Crippen LogP contribution in [0.25, 0.3) is 22.2 Å². The minimum atomic E-state index is -0.191. The van der Waals surface area contributed by atoms with E-state index in [1.807, 2.05) is 12.1 Å². The number of aromatic nitrogens is 3. The average Bonchev–Trinajstić information content (AvgIpc) is 3.23. The molecule has 9 heteroatoms. The number of nitrogens with two attached hydrogens (primary N) is 2. The highest BCUT2D eigenvalue weighted by atomic mass is 16.3. The Morgan fingerprint density at radius 1 is 1.08 bits per heavy atom. The van der Waals surface area contributed by atoms with Crippen LogP contribution in [0, 0.1) is 5.92 Å². The standard InChI is InChI=1S/C28H30N6O3/c1-3-23(35)21-5-4-17(12-32-21)18-10-25-27(33-13-18)26(28(30)37-25)24(36)9-19-11-31-7-6-22(19)34-14-16(2)8-20(29)15-34/h4-7,10-13,16,20H,3,8-9,14-15,29-30H2,1-2H3/t16-,20+/m1/s1. The minimum Gasteiger partial charge on any atom is -0.438 e. The molecule has 37 heavy (non-hydrogen) atoms. The van der Waals surface area contributed by atoms with Crippen molar-refractivity contribution in [1.29, 1.82) is 0 Å². The van der Waals surface area contributed by atoms with Crippen LogP contribution in [0.4, 0.5) is 11.6 Å². The van der Waals surface area contributed by atoms with E-state index in [2.05, 4.69) is 26.8 Å². The third kappa shape index (κ3) is 4.95. The van der Waals surface area contributed by atoms with Crippen LogP contribution in [0.3, 0.4) is 0 Å². The molecule has 1 fully saturated rings. The summed E-state index contributed by atoms with van der Waals surface area (Å²) >= 11 is 0. The summed E-state index contributed by atoms with van der Waals surface area (Å²) in [6.07, 6.45) is 8.23. The third-order valence-corrected chi connectivity index (χ3v) is 6.80. The zero-order chi connectivity index (χ0) is 26.1. The van der Waals surface area contributed by atoms with Crippen molar-refractivity contribution < 1.29 is 14.0 Å². The van der Waals surface area contributed by atoms with Crippen LogP contribution >= 0.6 is 0 Å². The van der Waals surface area contributed by atoms with Crippen molar-refractivity contribution in [3.05, 3.63) is 65.9 Å². The number of fused-ring (bicyclic) bond motifs is 1. The number of hydrogen-bond acceptors (Lipinski definition) is 9. The first kappa shape index (κ1) is 24.6. The quantitative estimate of drug-likeness (QED) is 0.361. The molecule has 0 bridgehead atoms. The van der Waals surface area contributed by atoms with Gasteiger partial charge in [0.05, 0.1) is 0 Å². The van der Waals surface area contributed by atoms with Gasteiger partial charge in [0.1, 0.15) is 16.8 Å². The van der Waals surface area contributed by atoms with Gasteiger partial charge in [0.2, 0.25) is 5.88 Å². The maximum absolute atomic E-state index is 13.5. The number of nitrogens with zero attached hydrogens (tertiary/aromatic N) is 4. The topological polar surface area (TPSA) is 141 Å². The first-order valence-corrected chi connectivity index (χ1v) is 12.5. The number of rotatable bonds is 7. The SMILES string of the molecule is CCC(=O)c1ccc(-c2cnc3c(C(=O)Cc4cnccc4N4C[C@H](C)C[C@H](N)C4)c(N)oc3c2)cn1. The molecule has 0 aromatic carbocycles. The molecule has 0 unspecified atom stereocenters. The van der Waals surface area contributed by atoms with Gasteiger partial charge < -0.3 is 20.8 Å². The van der Waals surface area contributed by atoms with Gasteiger partial charge in [-0.25, -0.2) is 0 Å². The Morgan fingerprint density at radius 3 is 2.62 bits per heavy atom. The molecule has 1 aliphatic heterocycles. The molecule has 0 spiro atoms. The number of furan rings is 1. The molecule has 5 heterocycles. The van der Waals surface area contributed by atoms with Crippen molar-refractivity contribution in [2.75, 3.05) is 23.7 Å². The smallest absolute Gasteiger partial charge is 0.204 e. The van der Waals surface area contributed by atoms with E-state index in [0.717, 1.165) is 41.9 Å². The molecule has 1 aliphatic rings. The zero-order valence-corrected chi connectivity index (χ0v) is 21.0. The first-order valence-electron chi connectivity index (χ1n) is 12.5. The van der Waals surface area contributed by atoms with Crippen LogP contribution in [-0.4, -0.2) is 45.6 Å². The molecular formula is C28H30N6O3. The molecular weight excluding hydrogens is 468 g/mol. The van der Waals surface area contributed by atoms with Crippen LogP contribution in [0.5, 0.6) is 0 Å². The summed E-state index contributed by atoms with van der Waals surface area (Å²) in [6.45, 7) is 5.60. The van der Waals surface area contributed by atoms with Gasteiger partial charge in [0, 0.05) is 79.1 Å². The van der Waals surface area contributed by atoms with Gasteiger partial charge in [-0.05, 0) is 30.5 Å². The lowest BCUT2D eigenvalue weighted by molar-refractivity contribution is 0.0979. The van der Waals surface area contributed by atoms with Crippen LogP contribution in [0.2, 0.25) is 0 Å². The van der Waals surface area contributed by atoms with Gasteiger partial charge in [-0.3, -0.25) is 24.5 Å². The summed E-state index contributed by atoms with van der Waals surface area (Å²) < 4.78 is 5.75. The van der Waals surface area contributed by atoms with Crippen molar-refractivity contribution in [3.63, 3.8) is 0 Å². The number of anilines is 2. The van der Waals surface area contributed by atoms with Gasteiger partial charge in [-0.2, -0.15) is 0 Å². The van der Waals surface area contributed by atoms with Gasteiger partial charge in [-0.1, -0.05) is 19.9 Å². The second-order valence-corrected chi connectivity index (χ2v) is 9.73. The lowest BCUT2D eigenvalue weighted by atomic mass is 9.95. The van der Waals surface area contributed by atoms with Crippen LogP contribution in [-0.2, 0) is 6.42 Å². The van der Waals surface area contributed by atoms with Gasteiger partial charge in [0.15, 0.2) is 17.1 Å². The molecule has 4 N–H and O–H groups in total. The van der Waals surface area contributed by atoms with Crippen molar-refractivity contribution in [2.45, 2.75) is 39.2 Å². The van der Waals surface area contributed by atoms with Crippen LogP contribution in [0.1, 0.15) is 53.1 Å². The summed E-state index contributed by atoms with van der Waals surface area (Å²) in [4.78, 5) is 40.6. The molecule has 0 aliphatic carbocycles. The zero-order valence-electron chi connectivity index (χ0n) is 21.0. The van der Waals surface area contributed by atoms with E-state index in [9.17, 15) is 9.59 Å². The predicted molar refractivity (Wildman–Crippen MR) is 143 cm³/mol. The summed E-state index contributed by atoms with van der Waals surface area (Å²) in [5.41, 5.74) is 17.2. The van der Waals surface area contributed by atoms with E-state index < -0.39 is 0 Å². The predicted octanol–water partition coefficient (Wildman–Crippen LogP) is 4.06. The summed E-state index contributed by atoms with van der Waals surface area (Å²) in [5, 5.41) is 0. The molecule has 0 radical (unpaired) electrons. The van der Waals surface area contributed by atoms with Crippen molar-refractivity contribution in [1.82, 2.24) is 15.0 Å². The normalized spacial score (nSPS) is 17.8. The van der Waals surface area contributed by atoms with Crippen LogP contribution in [0.15, 0.2) is 53.5 Å². The molecule has 0 amide bonds. The number of nitrogen functional groups attached to an aromatic ring is 1. The Labute approximate surface area is 214 Å². The number of Topliss-reactive ketones (excluding diaryl/α,β-unsaturated/α-hetero) is 2. The van der Waals surface area contributed by atoms with E-state index in [1.165, 1.54) is 0 Å². The third-order valence-electron chi connectivity index (χ3n) is 6.80. The number of piperidine rings is 1. The Balaban J connectivity index is 1.42. The highest BCUT2D eigenvalue weighted by Gasteiger charge is 2.26. The molecule has 190 valence electrons. The number of hydrogen-bond donors (Lipinski definition) is 2. The largest absolute Gasteiger partial charge is 0.438 e. The van der Waals surface area contributed by atoms with E-state index in [4.69, 9.17) is 15.9 Å². The highest BCUT2D eigenvalue weighted by molar-refractivity contribution is 6.11. The second-order valence-electron chi connectivity index (χ2n) is 9.73. The van der Waals surface area contributed by atoms with Gasteiger partial charge >= 0.3 is 0 Å². The van der Waals surface area contributed by atoms with E-state index in [1.54, 1.807) is 43.8 Å². The molecule has 5 rings (SSSR count). The van der Waals surface area contributed by atoms with E-state index in [0.29, 0.717) is 29.1 Å². The second kappa shape index (κ2) is 10.1. The number of carbonyl (C=O) groups excluding carboxylic acids is 2. The number of ketones is 2. The minimum absolute atomic E-state index is 0.0171.